The van der Waals surface area contributed by atoms with Crippen molar-refractivity contribution in [2.24, 2.45) is 5.92 Å². The Kier molecular flexibility index (Phi) is 5.19. The smallest absolute Gasteiger partial charge is 0.0507 e. The lowest BCUT2D eigenvalue weighted by molar-refractivity contribution is 0.150. The molecule has 0 spiro atoms. The zero-order valence-electron chi connectivity index (χ0n) is 15.3. The molecule has 2 aliphatic heterocycles. The molecule has 2 saturated heterocycles. The first kappa shape index (κ1) is 16.8. The number of ether oxygens (including phenoxy) is 1. The van der Waals surface area contributed by atoms with Crippen molar-refractivity contribution in [2.75, 3.05) is 32.8 Å². The Morgan fingerprint density at radius 2 is 1.96 bits per heavy atom. The summed E-state index contributed by atoms with van der Waals surface area (Å²) in [6.07, 6.45) is 3.88. The number of piperidine rings is 1. The van der Waals surface area contributed by atoms with Crippen LogP contribution in [-0.4, -0.2) is 37.7 Å². The van der Waals surface area contributed by atoms with Gasteiger partial charge in [-0.15, -0.1) is 0 Å². The van der Waals surface area contributed by atoms with Crippen molar-refractivity contribution in [2.45, 2.75) is 32.1 Å². The maximum Gasteiger partial charge on any atom is 0.0507 e. The number of hydrogen-bond donors (Lipinski definition) is 0. The van der Waals surface area contributed by atoms with Crippen molar-refractivity contribution in [3.05, 3.63) is 59.7 Å². The van der Waals surface area contributed by atoms with E-state index in [1.807, 2.05) is 0 Å². The van der Waals surface area contributed by atoms with Crippen LogP contribution in [0.1, 0.15) is 36.3 Å². The lowest BCUT2D eigenvalue weighted by atomic mass is 9.87. The van der Waals surface area contributed by atoms with Crippen molar-refractivity contribution >= 4 is 0 Å². The first-order valence-electron chi connectivity index (χ1n) is 9.75. The van der Waals surface area contributed by atoms with Crippen LogP contribution in [0.4, 0.5) is 0 Å². The molecule has 2 aromatic carbocycles. The molecule has 2 fully saturated rings. The van der Waals surface area contributed by atoms with E-state index in [1.54, 1.807) is 0 Å². The average molecular weight is 335 g/mol. The van der Waals surface area contributed by atoms with Crippen molar-refractivity contribution in [3.8, 4) is 11.1 Å². The Morgan fingerprint density at radius 1 is 1.08 bits per heavy atom. The highest BCUT2D eigenvalue weighted by Gasteiger charge is 2.25. The molecule has 0 N–H and O–H groups in total. The Labute approximate surface area is 151 Å². The van der Waals surface area contributed by atoms with Crippen molar-refractivity contribution < 1.29 is 4.74 Å². The van der Waals surface area contributed by atoms with Gasteiger partial charge in [-0.25, -0.2) is 0 Å². The third-order valence-corrected chi connectivity index (χ3v) is 5.85. The van der Waals surface area contributed by atoms with Crippen molar-refractivity contribution in [1.82, 2.24) is 4.90 Å². The van der Waals surface area contributed by atoms with Crippen LogP contribution in [0.2, 0.25) is 0 Å². The summed E-state index contributed by atoms with van der Waals surface area (Å²) in [6.45, 7) is 7.86. The van der Waals surface area contributed by atoms with Crippen LogP contribution in [-0.2, 0) is 4.74 Å². The van der Waals surface area contributed by atoms with Gasteiger partial charge in [0.15, 0.2) is 0 Å². The van der Waals surface area contributed by atoms with Crippen LogP contribution >= 0.6 is 0 Å². The number of nitrogens with zero attached hydrogens (tertiary/aromatic N) is 1. The monoisotopic (exact) mass is 335 g/mol. The van der Waals surface area contributed by atoms with E-state index in [-0.39, 0.29) is 0 Å². The first-order chi connectivity index (χ1) is 12.3. The van der Waals surface area contributed by atoms with Gasteiger partial charge in [0.1, 0.15) is 0 Å². The molecule has 0 bridgehead atoms. The zero-order chi connectivity index (χ0) is 17.1. The van der Waals surface area contributed by atoms with E-state index in [2.05, 4.69) is 60.4 Å². The minimum absolute atomic E-state index is 0.680. The standard InChI is InChI=1S/C23H29NO/c1-18-14-21(9-10-23(18)20-6-3-2-4-7-20)22-8-5-12-24(16-22)15-19-11-13-25-17-19/h2-4,6-7,9-10,14,19,22H,5,8,11-13,15-17H2,1H3. The molecule has 2 heteroatoms. The van der Waals surface area contributed by atoms with Gasteiger partial charge in [-0.2, -0.15) is 0 Å². The van der Waals surface area contributed by atoms with Gasteiger partial charge in [0, 0.05) is 19.7 Å². The number of likely N-dealkylation sites (tertiary alicyclic amines) is 1. The summed E-state index contributed by atoms with van der Waals surface area (Å²) < 4.78 is 5.55. The molecule has 25 heavy (non-hydrogen) atoms. The van der Waals surface area contributed by atoms with Gasteiger partial charge in [0.05, 0.1) is 6.61 Å². The van der Waals surface area contributed by atoms with E-state index in [9.17, 15) is 0 Å². The molecule has 2 nitrogen and oxygen atoms in total. The lowest BCUT2D eigenvalue weighted by Crippen LogP contribution is -2.37. The van der Waals surface area contributed by atoms with Crippen LogP contribution < -0.4 is 0 Å². The normalized spacial score (nSPS) is 24.5. The summed E-state index contributed by atoms with van der Waals surface area (Å²) in [5.41, 5.74) is 5.59. The van der Waals surface area contributed by atoms with Crippen LogP contribution in [0.5, 0.6) is 0 Å². The Hall–Kier alpha value is -1.64. The second kappa shape index (κ2) is 7.72. The summed E-state index contributed by atoms with van der Waals surface area (Å²) in [6, 6.07) is 17.8. The largest absolute Gasteiger partial charge is 0.381 e. The van der Waals surface area contributed by atoms with E-state index in [4.69, 9.17) is 4.74 Å². The Bertz CT molecular complexity index is 690. The minimum Gasteiger partial charge on any atom is -0.381 e. The number of aryl methyl sites for hydroxylation is 1. The summed E-state index contributed by atoms with van der Waals surface area (Å²) in [4.78, 5) is 2.67. The average Bonchev–Trinajstić information content (AvgIpc) is 3.15. The number of benzene rings is 2. The van der Waals surface area contributed by atoms with Gasteiger partial charge >= 0.3 is 0 Å². The molecule has 2 aliphatic rings. The maximum atomic E-state index is 5.55. The quantitative estimate of drug-likeness (QED) is 0.790. The van der Waals surface area contributed by atoms with E-state index in [0.29, 0.717) is 5.92 Å². The molecule has 0 aliphatic carbocycles. The van der Waals surface area contributed by atoms with Gasteiger partial charge in [-0.05, 0) is 66.8 Å². The van der Waals surface area contributed by atoms with E-state index in [0.717, 1.165) is 19.1 Å². The highest BCUT2D eigenvalue weighted by atomic mass is 16.5. The second-order valence-corrected chi connectivity index (χ2v) is 7.77. The van der Waals surface area contributed by atoms with Gasteiger partial charge in [0.25, 0.3) is 0 Å². The molecule has 2 unspecified atom stereocenters. The molecule has 2 heterocycles. The first-order valence-corrected chi connectivity index (χ1v) is 9.75. The van der Waals surface area contributed by atoms with Gasteiger partial charge in [0.2, 0.25) is 0 Å². The molecule has 2 aromatic rings. The van der Waals surface area contributed by atoms with Gasteiger partial charge in [-0.1, -0.05) is 48.5 Å². The highest BCUT2D eigenvalue weighted by molar-refractivity contribution is 5.67. The molecule has 0 saturated carbocycles. The minimum atomic E-state index is 0.680. The zero-order valence-corrected chi connectivity index (χ0v) is 15.3. The summed E-state index contributed by atoms with van der Waals surface area (Å²) in [5, 5.41) is 0. The maximum absolute atomic E-state index is 5.55. The second-order valence-electron chi connectivity index (χ2n) is 7.77. The summed E-state index contributed by atoms with van der Waals surface area (Å²) >= 11 is 0. The molecule has 0 amide bonds. The molecular weight excluding hydrogens is 306 g/mol. The van der Waals surface area contributed by atoms with Crippen LogP contribution in [0.15, 0.2) is 48.5 Å². The topological polar surface area (TPSA) is 12.5 Å². The highest BCUT2D eigenvalue weighted by Crippen LogP contribution is 2.31. The summed E-state index contributed by atoms with van der Waals surface area (Å²) in [5.74, 6) is 1.43. The third-order valence-electron chi connectivity index (χ3n) is 5.85. The predicted octanol–water partition coefficient (Wildman–Crippen LogP) is 4.88. The van der Waals surface area contributed by atoms with Gasteiger partial charge in [-0.3, -0.25) is 0 Å². The molecule has 0 aromatic heterocycles. The Balaban J connectivity index is 1.46. The number of hydrogen-bond acceptors (Lipinski definition) is 2. The fraction of sp³-hybridized carbons (Fsp3) is 0.478. The lowest BCUT2D eigenvalue weighted by Gasteiger charge is -2.34. The predicted molar refractivity (Wildman–Crippen MR) is 104 cm³/mol. The van der Waals surface area contributed by atoms with Crippen LogP contribution in [0.3, 0.4) is 0 Å². The molecule has 132 valence electrons. The molecule has 2 atom stereocenters. The SMILES string of the molecule is Cc1cc(C2CCCN(CC3CCOC3)C2)ccc1-c1ccccc1. The van der Waals surface area contributed by atoms with Crippen LogP contribution in [0.25, 0.3) is 11.1 Å². The van der Waals surface area contributed by atoms with Crippen molar-refractivity contribution in [1.29, 1.82) is 0 Å². The van der Waals surface area contributed by atoms with E-state index >= 15 is 0 Å². The fourth-order valence-electron chi connectivity index (χ4n) is 4.47. The third kappa shape index (κ3) is 3.96. The Morgan fingerprint density at radius 3 is 2.72 bits per heavy atom. The van der Waals surface area contributed by atoms with Gasteiger partial charge < -0.3 is 9.64 Å². The van der Waals surface area contributed by atoms with Crippen LogP contribution in [0, 0.1) is 12.8 Å². The van der Waals surface area contributed by atoms with Crippen molar-refractivity contribution in [3.63, 3.8) is 0 Å². The molecule has 4 rings (SSSR count). The number of rotatable bonds is 4. The summed E-state index contributed by atoms with van der Waals surface area (Å²) in [7, 11) is 0. The van der Waals surface area contributed by atoms with E-state index in [1.165, 1.54) is 61.2 Å². The fourth-order valence-corrected chi connectivity index (χ4v) is 4.47. The van der Waals surface area contributed by atoms with E-state index < -0.39 is 0 Å². The molecule has 0 radical (unpaired) electrons. The molecular formula is C23H29NO.